The lowest BCUT2D eigenvalue weighted by molar-refractivity contribution is -0.137. The summed E-state index contributed by atoms with van der Waals surface area (Å²) < 4.78 is 5.67. The molecule has 5 heteroatoms. The van der Waals surface area contributed by atoms with E-state index in [1.54, 1.807) is 12.1 Å². The SMILES string of the molecule is O=C(O)CCN1CCOC(c2ccc(O)cc2)C1. The van der Waals surface area contributed by atoms with Gasteiger partial charge in [-0.1, -0.05) is 12.1 Å². The molecule has 0 amide bonds. The highest BCUT2D eigenvalue weighted by molar-refractivity contribution is 5.66. The fourth-order valence-electron chi connectivity index (χ4n) is 2.05. The molecule has 1 unspecified atom stereocenters. The number of hydrogen-bond donors (Lipinski definition) is 2. The smallest absolute Gasteiger partial charge is 0.304 e. The molecule has 18 heavy (non-hydrogen) atoms. The standard InChI is InChI=1S/C13H17NO4/c15-11-3-1-10(2-4-11)12-9-14(7-8-18-12)6-5-13(16)17/h1-4,12,15H,5-9H2,(H,16,17). The van der Waals surface area contributed by atoms with Crippen LogP contribution in [0.5, 0.6) is 5.75 Å². The lowest BCUT2D eigenvalue weighted by Crippen LogP contribution is -2.39. The van der Waals surface area contributed by atoms with Gasteiger partial charge in [-0.25, -0.2) is 0 Å². The maximum atomic E-state index is 10.5. The van der Waals surface area contributed by atoms with Crippen LogP contribution in [0.2, 0.25) is 0 Å². The summed E-state index contributed by atoms with van der Waals surface area (Å²) in [6, 6.07) is 6.94. The van der Waals surface area contributed by atoms with Crippen molar-refractivity contribution in [3.63, 3.8) is 0 Å². The van der Waals surface area contributed by atoms with Crippen molar-refractivity contribution in [2.75, 3.05) is 26.2 Å². The highest BCUT2D eigenvalue weighted by Gasteiger charge is 2.22. The molecule has 1 atom stereocenters. The van der Waals surface area contributed by atoms with E-state index in [4.69, 9.17) is 9.84 Å². The Balaban J connectivity index is 1.93. The topological polar surface area (TPSA) is 70.0 Å². The summed E-state index contributed by atoms with van der Waals surface area (Å²) in [6.45, 7) is 2.61. The fourth-order valence-corrected chi connectivity index (χ4v) is 2.05. The molecule has 1 aliphatic heterocycles. The van der Waals surface area contributed by atoms with Crippen molar-refractivity contribution in [1.29, 1.82) is 0 Å². The van der Waals surface area contributed by atoms with Gasteiger partial charge >= 0.3 is 5.97 Å². The minimum absolute atomic E-state index is 0.0480. The highest BCUT2D eigenvalue weighted by atomic mass is 16.5. The average molecular weight is 251 g/mol. The summed E-state index contributed by atoms with van der Waals surface area (Å²) in [5.74, 6) is -0.542. The Bertz CT molecular complexity index is 404. The van der Waals surface area contributed by atoms with Crippen LogP contribution in [0, 0.1) is 0 Å². The normalized spacial score (nSPS) is 20.8. The fraction of sp³-hybridized carbons (Fsp3) is 0.462. The lowest BCUT2D eigenvalue weighted by atomic mass is 10.1. The van der Waals surface area contributed by atoms with Crippen LogP contribution in [0.1, 0.15) is 18.1 Å². The molecule has 0 aromatic heterocycles. The van der Waals surface area contributed by atoms with Crippen molar-refractivity contribution in [3.05, 3.63) is 29.8 Å². The third-order valence-corrected chi connectivity index (χ3v) is 3.06. The average Bonchev–Trinajstić information content (AvgIpc) is 2.37. The van der Waals surface area contributed by atoms with Crippen molar-refractivity contribution < 1.29 is 19.7 Å². The Morgan fingerprint density at radius 3 is 2.78 bits per heavy atom. The summed E-state index contributed by atoms with van der Waals surface area (Å²) in [5, 5.41) is 17.9. The summed E-state index contributed by atoms with van der Waals surface area (Å²) in [4.78, 5) is 12.6. The summed E-state index contributed by atoms with van der Waals surface area (Å²) in [7, 11) is 0. The van der Waals surface area contributed by atoms with Crippen LogP contribution < -0.4 is 0 Å². The molecule has 2 N–H and O–H groups in total. The predicted octanol–water partition coefficient (Wildman–Crippen LogP) is 1.24. The minimum atomic E-state index is -0.775. The van der Waals surface area contributed by atoms with Crippen LogP contribution in [0.3, 0.4) is 0 Å². The van der Waals surface area contributed by atoms with Gasteiger partial charge in [-0.3, -0.25) is 9.69 Å². The Morgan fingerprint density at radius 2 is 2.11 bits per heavy atom. The second-order valence-electron chi connectivity index (χ2n) is 4.40. The van der Waals surface area contributed by atoms with E-state index in [1.165, 1.54) is 0 Å². The Hall–Kier alpha value is -1.59. The molecule has 1 aromatic rings. The molecule has 0 saturated carbocycles. The van der Waals surface area contributed by atoms with Crippen molar-refractivity contribution in [2.45, 2.75) is 12.5 Å². The molecule has 0 bridgehead atoms. The number of carboxylic acids is 1. The number of morpholine rings is 1. The van der Waals surface area contributed by atoms with Gasteiger partial charge in [0.15, 0.2) is 0 Å². The lowest BCUT2D eigenvalue weighted by Gasteiger charge is -2.32. The van der Waals surface area contributed by atoms with Gasteiger partial charge < -0.3 is 14.9 Å². The Kier molecular flexibility index (Phi) is 4.17. The molecule has 1 saturated heterocycles. The first kappa shape index (κ1) is 12.9. The molecule has 0 radical (unpaired) electrons. The molecular weight excluding hydrogens is 234 g/mol. The van der Waals surface area contributed by atoms with Crippen molar-refractivity contribution in [3.8, 4) is 5.75 Å². The van der Waals surface area contributed by atoms with Gasteiger partial charge in [0.25, 0.3) is 0 Å². The molecule has 1 fully saturated rings. The maximum Gasteiger partial charge on any atom is 0.304 e. The second-order valence-corrected chi connectivity index (χ2v) is 4.40. The summed E-state index contributed by atoms with van der Waals surface area (Å²) in [6.07, 6.45) is 0.107. The Morgan fingerprint density at radius 1 is 1.39 bits per heavy atom. The molecule has 0 aliphatic carbocycles. The summed E-state index contributed by atoms with van der Waals surface area (Å²) in [5.41, 5.74) is 1.01. The number of nitrogens with zero attached hydrogens (tertiary/aromatic N) is 1. The number of carboxylic acid groups (broad SMARTS) is 1. The van der Waals surface area contributed by atoms with Crippen LogP contribution in [0.25, 0.3) is 0 Å². The number of aromatic hydroxyl groups is 1. The third kappa shape index (κ3) is 3.45. The molecular formula is C13H17NO4. The van der Waals surface area contributed by atoms with E-state index in [2.05, 4.69) is 4.90 Å². The van der Waals surface area contributed by atoms with Gasteiger partial charge in [-0.2, -0.15) is 0 Å². The summed E-state index contributed by atoms with van der Waals surface area (Å²) >= 11 is 0. The van der Waals surface area contributed by atoms with Crippen LogP contribution in [-0.2, 0) is 9.53 Å². The number of phenolic OH excluding ortho intramolecular Hbond substituents is 1. The van der Waals surface area contributed by atoms with E-state index in [-0.39, 0.29) is 18.3 Å². The molecule has 2 rings (SSSR count). The first-order valence-corrected chi connectivity index (χ1v) is 6.00. The second kappa shape index (κ2) is 5.84. The quantitative estimate of drug-likeness (QED) is 0.842. The largest absolute Gasteiger partial charge is 0.508 e. The zero-order valence-corrected chi connectivity index (χ0v) is 10.1. The number of hydrogen-bond acceptors (Lipinski definition) is 4. The number of aliphatic carboxylic acids is 1. The zero-order valence-electron chi connectivity index (χ0n) is 10.1. The van der Waals surface area contributed by atoms with Crippen LogP contribution >= 0.6 is 0 Å². The number of rotatable bonds is 4. The van der Waals surface area contributed by atoms with Crippen LogP contribution in [0.15, 0.2) is 24.3 Å². The van der Waals surface area contributed by atoms with Gasteiger partial charge in [0.1, 0.15) is 5.75 Å². The van der Waals surface area contributed by atoms with Crippen molar-refractivity contribution in [1.82, 2.24) is 4.90 Å². The van der Waals surface area contributed by atoms with Crippen LogP contribution in [-0.4, -0.2) is 47.3 Å². The molecule has 0 spiro atoms. The monoisotopic (exact) mass is 251 g/mol. The van der Waals surface area contributed by atoms with E-state index >= 15 is 0 Å². The van der Waals surface area contributed by atoms with Crippen molar-refractivity contribution >= 4 is 5.97 Å². The van der Waals surface area contributed by atoms with Gasteiger partial charge in [-0.15, -0.1) is 0 Å². The molecule has 98 valence electrons. The Labute approximate surface area is 106 Å². The molecule has 5 nitrogen and oxygen atoms in total. The first-order valence-electron chi connectivity index (χ1n) is 6.00. The number of carbonyl (C=O) groups is 1. The number of ether oxygens (including phenoxy) is 1. The zero-order chi connectivity index (χ0) is 13.0. The van der Waals surface area contributed by atoms with Gasteiger partial charge in [0, 0.05) is 19.6 Å². The van der Waals surface area contributed by atoms with Gasteiger partial charge in [0.2, 0.25) is 0 Å². The van der Waals surface area contributed by atoms with Gasteiger partial charge in [0.05, 0.1) is 19.1 Å². The molecule has 1 aromatic carbocycles. The molecule has 1 aliphatic rings. The molecule has 1 heterocycles. The first-order chi connectivity index (χ1) is 8.65. The minimum Gasteiger partial charge on any atom is -0.508 e. The van der Waals surface area contributed by atoms with E-state index in [1.807, 2.05) is 12.1 Å². The predicted molar refractivity (Wildman–Crippen MR) is 65.5 cm³/mol. The van der Waals surface area contributed by atoms with E-state index in [0.29, 0.717) is 19.7 Å². The van der Waals surface area contributed by atoms with Crippen LogP contribution in [0.4, 0.5) is 0 Å². The van der Waals surface area contributed by atoms with E-state index < -0.39 is 5.97 Å². The van der Waals surface area contributed by atoms with E-state index in [9.17, 15) is 9.90 Å². The number of phenols is 1. The maximum absolute atomic E-state index is 10.5. The van der Waals surface area contributed by atoms with Gasteiger partial charge in [-0.05, 0) is 17.7 Å². The number of benzene rings is 1. The highest BCUT2D eigenvalue weighted by Crippen LogP contribution is 2.23. The third-order valence-electron chi connectivity index (χ3n) is 3.06. The van der Waals surface area contributed by atoms with Crippen molar-refractivity contribution in [2.24, 2.45) is 0 Å². The van der Waals surface area contributed by atoms with E-state index in [0.717, 1.165) is 12.1 Å².